The quantitative estimate of drug-likeness (QED) is 0.355. The Morgan fingerprint density at radius 2 is 1.73 bits per heavy atom. The second-order valence-corrected chi connectivity index (χ2v) is 8.15. The van der Waals surface area contributed by atoms with Crippen LogP contribution in [0.1, 0.15) is 32.9 Å². The molecule has 0 spiro atoms. The van der Waals surface area contributed by atoms with Crippen LogP contribution in [0.25, 0.3) is 6.08 Å². The van der Waals surface area contributed by atoms with Crippen molar-refractivity contribution in [2.45, 2.75) is 20.8 Å². The lowest BCUT2D eigenvalue weighted by Crippen LogP contribution is -2.54. The summed E-state index contributed by atoms with van der Waals surface area (Å²) in [5.74, 6) is -1.33. The molecular formula is C25H22N4O3S. The average molecular weight is 459 g/mol. The van der Waals surface area contributed by atoms with Crippen molar-refractivity contribution in [3.63, 3.8) is 0 Å². The Morgan fingerprint density at radius 1 is 1.00 bits per heavy atom. The Balaban J connectivity index is 1.67. The Hall–Kier alpha value is -4.04. The minimum absolute atomic E-state index is 0.0355. The lowest BCUT2D eigenvalue weighted by molar-refractivity contribution is -0.122. The first-order valence-electron chi connectivity index (χ1n) is 10.3. The summed E-state index contributed by atoms with van der Waals surface area (Å²) in [6.07, 6.45) is 1.52. The number of nitrogens with zero attached hydrogens (tertiary/aromatic N) is 2. The van der Waals surface area contributed by atoms with E-state index >= 15 is 0 Å². The van der Waals surface area contributed by atoms with E-state index in [1.807, 2.05) is 38.1 Å². The number of benzene rings is 2. The number of hydrogen-bond acceptors (Lipinski definition) is 4. The fourth-order valence-corrected chi connectivity index (χ4v) is 3.96. The molecule has 33 heavy (non-hydrogen) atoms. The molecule has 0 bridgehead atoms. The summed E-state index contributed by atoms with van der Waals surface area (Å²) in [6, 6.07) is 18.0. The van der Waals surface area contributed by atoms with Gasteiger partial charge in [-0.3, -0.25) is 34.7 Å². The summed E-state index contributed by atoms with van der Waals surface area (Å²) in [6.45, 7) is 5.55. The molecule has 4 rings (SSSR count). The number of rotatable bonds is 4. The Kier molecular flexibility index (Phi) is 5.93. The average Bonchev–Trinajstić information content (AvgIpc) is 3.04. The second kappa shape index (κ2) is 8.84. The molecule has 2 heterocycles. The Labute approximate surface area is 196 Å². The Morgan fingerprint density at radius 3 is 2.42 bits per heavy atom. The van der Waals surface area contributed by atoms with E-state index in [0.29, 0.717) is 22.5 Å². The number of anilines is 1. The summed E-state index contributed by atoms with van der Waals surface area (Å²) in [7, 11) is 0. The minimum Gasteiger partial charge on any atom is -0.298 e. The molecule has 0 aliphatic carbocycles. The summed E-state index contributed by atoms with van der Waals surface area (Å²) in [4.78, 5) is 39.8. The molecule has 1 fully saturated rings. The van der Waals surface area contributed by atoms with Crippen LogP contribution >= 0.6 is 12.2 Å². The lowest BCUT2D eigenvalue weighted by atomic mass is 10.1. The van der Waals surface area contributed by atoms with Gasteiger partial charge >= 0.3 is 0 Å². The van der Waals surface area contributed by atoms with Crippen molar-refractivity contribution >= 4 is 46.8 Å². The van der Waals surface area contributed by atoms with Crippen LogP contribution in [-0.2, 0) is 9.59 Å². The molecule has 3 aromatic rings. The molecule has 0 saturated carbocycles. The van der Waals surface area contributed by atoms with Crippen molar-refractivity contribution in [2.75, 3.05) is 10.3 Å². The van der Waals surface area contributed by atoms with Crippen LogP contribution in [-0.4, -0.2) is 27.5 Å². The molecule has 1 aliphatic rings. The van der Waals surface area contributed by atoms with Crippen LogP contribution in [0.15, 0.2) is 66.2 Å². The molecule has 1 aromatic heterocycles. The van der Waals surface area contributed by atoms with Gasteiger partial charge in [-0.15, -0.1) is 0 Å². The molecule has 1 aliphatic heterocycles. The van der Waals surface area contributed by atoms with E-state index in [-0.39, 0.29) is 16.6 Å². The lowest BCUT2D eigenvalue weighted by Gasteiger charge is -2.29. The van der Waals surface area contributed by atoms with Crippen molar-refractivity contribution in [1.82, 2.24) is 9.99 Å². The van der Waals surface area contributed by atoms with E-state index < -0.39 is 11.8 Å². The van der Waals surface area contributed by atoms with Gasteiger partial charge in [0.05, 0.1) is 5.69 Å². The number of hydrogen-bond donors (Lipinski definition) is 2. The summed E-state index contributed by atoms with van der Waals surface area (Å²) in [5.41, 5.74) is 6.94. The van der Waals surface area contributed by atoms with Gasteiger partial charge < -0.3 is 0 Å². The molecule has 8 heteroatoms. The van der Waals surface area contributed by atoms with Crippen molar-refractivity contribution in [2.24, 2.45) is 0 Å². The number of aromatic nitrogens is 1. The molecule has 0 atom stereocenters. The zero-order valence-electron chi connectivity index (χ0n) is 18.4. The maximum atomic E-state index is 13.3. The molecule has 1 saturated heterocycles. The van der Waals surface area contributed by atoms with E-state index in [0.717, 1.165) is 11.3 Å². The largest absolute Gasteiger partial charge is 0.298 e. The first-order valence-corrected chi connectivity index (χ1v) is 10.7. The highest BCUT2D eigenvalue weighted by Gasteiger charge is 2.34. The number of aryl methyl sites for hydroxylation is 2. The molecule has 7 nitrogen and oxygen atoms in total. The highest BCUT2D eigenvalue weighted by molar-refractivity contribution is 7.80. The van der Waals surface area contributed by atoms with Gasteiger partial charge in [0.25, 0.3) is 17.7 Å². The third-order valence-corrected chi connectivity index (χ3v) is 5.67. The fraction of sp³-hybridized carbons (Fsp3) is 0.120. The minimum atomic E-state index is -0.563. The van der Waals surface area contributed by atoms with Gasteiger partial charge in [0.2, 0.25) is 0 Å². The van der Waals surface area contributed by atoms with Crippen molar-refractivity contribution in [3.8, 4) is 0 Å². The van der Waals surface area contributed by atoms with Crippen LogP contribution in [0.3, 0.4) is 0 Å². The summed E-state index contributed by atoms with van der Waals surface area (Å²) >= 11 is 5.26. The van der Waals surface area contributed by atoms with Crippen molar-refractivity contribution in [3.05, 3.63) is 94.3 Å². The number of thiocarbonyl (C=S) groups is 1. The van der Waals surface area contributed by atoms with E-state index in [1.54, 1.807) is 48.0 Å². The Bertz CT molecular complexity index is 1320. The smallest absolute Gasteiger partial charge is 0.270 e. The predicted octanol–water partition coefficient (Wildman–Crippen LogP) is 3.63. The summed E-state index contributed by atoms with van der Waals surface area (Å²) < 4.78 is 1.63. The number of nitrogens with one attached hydrogen (secondary N) is 2. The third-order valence-electron chi connectivity index (χ3n) is 5.38. The van der Waals surface area contributed by atoms with Gasteiger partial charge in [-0.25, -0.2) is 0 Å². The highest BCUT2D eigenvalue weighted by atomic mass is 32.1. The van der Waals surface area contributed by atoms with Gasteiger partial charge in [0, 0.05) is 17.0 Å². The maximum absolute atomic E-state index is 13.3. The fourth-order valence-electron chi connectivity index (χ4n) is 3.68. The molecule has 2 N–H and O–H groups in total. The number of carbonyl (C=O) groups is 3. The molecule has 0 unspecified atom stereocenters. The first-order chi connectivity index (χ1) is 15.8. The van der Waals surface area contributed by atoms with Crippen LogP contribution in [0.4, 0.5) is 5.69 Å². The normalized spacial score (nSPS) is 15.1. The maximum Gasteiger partial charge on any atom is 0.270 e. The van der Waals surface area contributed by atoms with Crippen LogP contribution in [0.2, 0.25) is 0 Å². The van der Waals surface area contributed by atoms with Gasteiger partial charge in [-0.1, -0.05) is 30.3 Å². The standard InChI is InChI=1S/C25H22N4O3S/c1-15-8-7-11-20(12-15)28-24(32)21(23(31)26-25(28)33)14-19-13-16(2)29(17(19)3)27-22(30)18-9-5-4-6-10-18/h4-14H,1-3H3,(H,27,30)(H,26,31,33)/b21-14+. The van der Waals surface area contributed by atoms with E-state index in [1.165, 1.54) is 11.0 Å². The van der Waals surface area contributed by atoms with E-state index in [4.69, 9.17) is 12.2 Å². The first kappa shape index (κ1) is 22.2. The van der Waals surface area contributed by atoms with E-state index in [9.17, 15) is 14.4 Å². The van der Waals surface area contributed by atoms with Crippen molar-refractivity contribution in [1.29, 1.82) is 0 Å². The molecule has 166 valence electrons. The highest BCUT2D eigenvalue weighted by Crippen LogP contribution is 2.24. The SMILES string of the molecule is Cc1cccc(N2C(=O)/C(=C/c3cc(C)n(NC(=O)c4ccccc4)c3C)C(=O)NC2=S)c1. The molecule has 0 radical (unpaired) electrons. The summed E-state index contributed by atoms with van der Waals surface area (Å²) in [5, 5.41) is 2.63. The molecule has 2 aromatic carbocycles. The van der Waals surface area contributed by atoms with Crippen molar-refractivity contribution < 1.29 is 14.4 Å². The van der Waals surface area contributed by atoms with Gasteiger partial charge in [-0.2, -0.15) is 0 Å². The number of amides is 3. The van der Waals surface area contributed by atoms with Gasteiger partial charge in [0.1, 0.15) is 5.57 Å². The zero-order chi connectivity index (χ0) is 23.7. The predicted molar refractivity (Wildman–Crippen MR) is 131 cm³/mol. The van der Waals surface area contributed by atoms with Gasteiger partial charge in [-0.05, 0) is 80.5 Å². The third kappa shape index (κ3) is 4.33. The molecular weight excluding hydrogens is 436 g/mol. The topological polar surface area (TPSA) is 83.4 Å². The van der Waals surface area contributed by atoms with E-state index in [2.05, 4.69) is 10.7 Å². The van der Waals surface area contributed by atoms with Crippen LogP contribution in [0.5, 0.6) is 0 Å². The monoisotopic (exact) mass is 458 g/mol. The molecule has 3 amide bonds. The zero-order valence-corrected chi connectivity index (χ0v) is 19.2. The second-order valence-electron chi connectivity index (χ2n) is 7.77. The van der Waals surface area contributed by atoms with Gasteiger partial charge in [0.15, 0.2) is 5.11 Å². The van der Waals surface area contributed by atoms with Crippen LogP contribution in [0, 0.1) is 20.8 Å². The number of carbonyl (C=O) groups excluding carboxylic acids is 3. The van der Waals surface area contributed by atoms with Crippen LogP contribution < -0.4 is 15.6 Å².